The summed E-state index contributed by atoms with van der Waals surface area (Å²) in [5.41, 5.74) is 0. The highest BCUT2D eigenvalue weighted by Crippen LogP contribution is 2.34. The lowest BCUT2D eigenvalue weighted by atomic mass is 9.97. The fraction of sp³-hybridized carbons (Fsp3) is 0.571. The van der Waals surface area contributed by atoms with Crippen molar-refractivity contribution in [3.63, 3.8) is 0 Å². The molecule has 0 radical (unpaired) electrons. The molecule has 1 aromatic carbocycles. The molecule has 3 atom stereocenters. The Morgan fingerprint density at radius 1 is 1.29 bits per heavy atom. The van der Waals surface area contributed by atoms with Gasteiger partial charge in [0, 0.05) is 18.5 Å². The van der Waals surface area contributed by atoms with E-state index in [9.17, 15) is 5.11 Å². The van der Waals surface area contributed by atoms with Crippen molar-refractivity contribution in [3.05, 3.63) is 30.3 Å². The monoisotopic (exact) mass is 233 g/mol. The minimum Gasteiger partial charge on any atom is -0.489 e. The van der Waals surface area contributed by atoms with Crippen LogP contribution in [-0.4, -0.2) is 41.8 Å². The van der Waals surface area contributed by atoms with Crippen LogP contribution >= 0.6 is 0 Å². The number of nitrogens with zero attached hydrogens (tertiary/aromatic N) is 1. The summed E-state index contributed by atoms with van der Waals surface area (Å²) < 4.78 is 6.01. The molecule has 17 heavy (non-hydrogen) atoms. The van der Waals surface area contributed by atoms with E-state index in [1.807, 2.05) is 30.3 Å². The van der Waals surface area contributed by atoms with Gasteiger partial charge in [0.15, 0.2) is 0 Å². The van der Waals surface area contributed by atoms with Crippen molar-refractivity contribution in [1.29, 1.82) is 0 Å². The number of para-hydroxylation sites is 1. The SMILES string of the molecule is OC[C@H]1[C@@H](Oc2ccccc2)CN2CCC[C@@H]12. The fourth-order valence-corrected chi connectivity index (χ4v) is 3.22. The Balaban J connectivity index is 1.71. The van der Waals surface area contributed by atoms with Gasteiger partial charge in [0.05, 0.1) is 6.61 Å². The van der Waals surface area contributed by atoms with Crippen LogP contribution in [0.2, 0.25) is 0 Å². The van der Waals surface area contributed by atoms with Crippen molar-refractivity contribution in [1.82, 2.24) is 4.90 Å². The number of aliphatic hydroxyl groups is 1. The smallest absolute Gasteiger partial charge is 0.119 e. The lowest BCUT2D eigenvalue weighted by Gasteiger charge is -2.21. The van der Waals surface area contributed by atoms with Gasteiger partial charge in [-0.2, -0.15) is 0 Å². The standard InChI is InChI=1S/C14H19NO2/c16-10-12-13-7-4-8-15(13)9-14(12)17-11-5-2-1-3-6-11/h1-3,5-6,12-14,16H,4,7-10H2/t12-,13+,14+/m1/s1. The highest BCUT2D eigenvalue weighted by molar-refractivity contribution is 5.22. The Bertz CT molecular complexity index is 368. The summed E-state index contributed by atoms with van der Waals surface area (Å²) in [5.74, 6) is 1.19. The molecule has 3 nitrogen and oxygen atoms in total. The van der Waals surface area contributed by atoms with E-state index in [1.54, 1.807) is 0 Å². The molecule has 0 aliphatic carbocycles. The molecule has 1 aromatic rings. The predicted molar refractivity (Wildman–Crippen MR) is 66.0 cm³/mol. The van der Waals surface area contributed by atoms with Gasteiger partial charge in [-0.15, -0.1) is 0 Å². The van der Waals surface area contributed by atoms with Crippen LogP contribution in [-0.2, 0) is 0 Å². The van der Waals surface area contributed by atoms with Gasteiger partial charge in [-0.25, -0.2) is 0 Å². The molecular formula is C14H19NO2. The molecule has 0 bridgehead atoms. The molecule has 0 spiro atoms. The Kier molecular flexibility index (Phi) is 3.04. The van der Waals surface area contributed by atoms with Gasteiger partial charge in [-0.3, -0.25) is 4.90 Å². The molecule has 0 aromatic heterocycles. The van der Waals surface area contributed by atoms with Crippen LogP contribution in [0.4, 0.5) is 0 Å². The molecule has 3 heteroatoms. The summed E-state index contributed by atoms with van der Waals surface area (Å²) in [6.45, 7) is 2.36. The van der Waals surface area contributed by atoms with Gasteiger partial charge in [0.2, 0.25) is 0 Å². The average molecular weight is 233 g/mol. The molecule has 1 N–H and O–H groups in total. The molecule has 2 heterocycles. The van der Waals surface area contributed by atoms with Crippen LogP contribution in [0.5, 0.6) is 5.75 Å². The maximum atomic E-state index is 9.55. The van der Waals surface area contributed by atoms with E-state index in [0.717, 1.165) is 18.8 Å². The van der Waals surface area contributed by atoms with Crippen LogP contribution in [0.3, 0.4) is 0 Å². The zero-order valence-corrected chi connectivity index (χ0v) is 9.96. The average Bonchev–Trinajstić information content (AvgIpc) is 2.90. The maximum Gasteiger partial charge on any atom is 0.119 e. The third-order valence-corrected chi connectivity index (χ3v) is 4.04. The molecule has 0 unspecified atom stereocenters. The van der Waals surface area contributed by atoms with Gasteiger partial charge in [0.25, 0.3) is 0 Å². The van der Waals surface area contributed by atoms with Gasteiger partial charge in [-0.1, -0.05) is 18.2 Å². The summed E-state index contributed by atoms with van der Waals surface area (Å²) in [6, 6.07) is 10.5. The molecule has 0 saturated carbocycles. The molecule has 2 aliphatic heterocycles. The second kappa shape index (κ2) is 4.67. The molecule has 92 valence electrons. The van der Waals surface area contributed by atoms with E-state index in [2.05, 4.69) is 4.90 Å². The summed E-state index contributed by atoms with van der Waals surface area (Å²) in [5, 5.41) is 9.55. The summed E-state index contributed by atoms with van der Waals surface area (Å²) in [4.78, 5) is 2.47. The molecule has 2 saturated heterocycles. The van der Waals surface area contributed by atoms with E-state index in [1.165, 1.54) is 12.8 Å². The Labute approximate surface area is 102 Å². The lowest BCUT2D eigenvalue weighted by molar-refractivity contribution is 0.107. The Morgan fingerprint density at radius 2 is 2.12 bits per heavy atom. The van der Waals surface area contributed by atoms with Crippen LogP contribution in [0, 0.1) is 5.92 Å². The minimum absolute atomic E-state index is 0.146. The number of aliphatic hydroxyl groups excluding tert-OH is 1. The first kappa shape index (κ1) is 11.1. The van der Waals surface area contributed by atoms with Crippen molar-refractivity contribution < 1.29 is 9.84 Å². The van der Waals surface area contributed by atoms with Gasteiger partial charge in [-0.05, 0) is 31.5 Å². The maximum absolute atomic E-state index is 9.55. The third-order valence-electron chi connectivity index (χ3n) is 4.04. The predicted octanol–water partition coefficient (Wildman–Crippen LogP) is 1.52. The zero-order chi connectivity index (χ0) is 11.7. The van der Waals surface area contributed by atoms with Crippen molar-refractivity contribution >= 4 is 0 Å². The first-order valence-corrected chi connectivity index (χ1v) is 6.45. The molecule has 2 fully saturated rings. The number of fused-ring (bicyclic) bond motifs is 1. The van der Waals surface area contributed by atoms with Crippen molar-refractivity contribution in [2.45, 2.75) is 25.0 Å². The Morgan fingerprint density at radius 3 is 2.88 bits per heavy atom. The second-order valence-corrected chi connectivity index (χ2v) is 5.02. The first-order chi connectivity index (χ1) is 8.38. The van der Waals surface area contributed by atoms with E-state index < -0.39 is 0 Å². The largest absolute Gasteiger partial charge is 0.489 e. The van der Waals surface area contributed by atoms with Crippen LogP contribution in [0.1, 0.15) is 12.8 Å². The molecule has 2 aliphatic rings. The van der Waals surface area contributed by atoms with Crippen molar-refractivity contribution in [2.24, 2.45) is 5.92 Å². The molecule has 3 rings (SSSR count). The second-order valence-electron chi connectivity index (χ2n) is 5.02. The molecule has 0 amide bonds. The number of rotatable bonds is 3. The van der Waals surface area contributed by atoms with Crippen LogP contribution < -0.4 is 4.74 Å². The van der Waals surface area contributed by atoms with E-state index in [-0.39, 0.29) is 18.6 Å². The summed E-state index contributed by atoms with van der Waals surface area (Å²) in [6.07, 6.45) is 2.62. The van der Waals surface area contributed by atoms with Gasteiger partial charge < -0.3 is 9.84 Å². The highest BCUT2D eigenvalue weighted by Gasteiger charge is 2.44. The number of hydrogen-bond acceptors (Lipinski definition) is 3. The Hall–Kier alpha value is -1.06. The van der Waals surface area contributed by atoms with Gasteiger partial charge in [0.1, 0.15) is 11.9 Å². The fourth-order valence-electron chi connectivity index (χ4n) is 3.22. The highest BCUT2D eigenvalue weighted by atomic mass is 16.5. The number of benzene rings is 1. The normalized spacial score (nSPS) is 32.6. The van der Waals surface area contributed by atoms with Crippen molar-refractivity contribution in [2.75, 3.05) is 19.7 Å². The van der Waals surface area contributed by atoms with E-state index >= 15 is 0 Å². The summed E-state index contributed by atoms with van der Waals surface area (Å²) in [7, 11) is 0. The van der Waals surface area contributed by atoms with E-state index in [4.69, 9.17) is 4.74 Å². The topological polar surface area (TPSA) is 32.7 Å². The van der Waals surface area contributed by atoms with E-state index in [0.29, 0.717) is 6.04 Å². The van der Waals surface area contributed by atoms with Crippen LogP contribution in [0.15, 0.2) is 30.3 Å². The van der Waals surface area contributed by atoms with Crippen molar-refractivity contribution in [3.8, 4) is 5.75 Å². The quantitative estimate of drug-likeness (QED) is 0.859. The minimum atomic E-state index is 0.146. The van der Waals surface area contributed by atoms with Crippen LogP contribution in [0.25, 0.3) is 0 Å². The number of ether oxygens (including phenoxy) is 1. The number of hydrogen-bond donors (Lipinski definition) is 1. The summed E-state index contributed by atoms with van der Waals surface area (Å²) >= 11 is 0. The molecular weight excluding hydrogens is 214 g/mol. The lowest BCUT2D eigenvalue weighted by Crippen LogP contribution is -2.31. The third kappa shape index (κ3) is 2.05. The zero-order valence-electron chi connectivity index (χ0n) is 9.96. The van der Waals surface area contributed by atoms with Gasteiger partial charge >= 0.3 is 0 Å². The first-order valence-electron chi connectivity index (χ1n) is 6.45.